The number of fused-ring (bicyclic) bond motifs is 1. The number of rotatable bonds is 3. The van der Waals surface area contributed by atoms with Crippen LogP contribution in [0.15, 0.2) is 113 Å². The maximum absolute atomic E-state index is 13.7. The Kier molecular flexibility index (Phi) is 4.29. The normalized spacial score (nSPS) is 20.6. The van der Waals surface area contributed by atoms with Crippen LogP contribution in [0.4, 0.5) is 0 Å². The summed E-state index contributed by atoms with van der Waals surface area (Å²) < 4.78 is 4.07. The van der Waals surface area contributed by atoms with E-state index in [9.17, 15) is 14.4 Å². The Bertz CT molecular complexity index is 1480. The minimum atomic E-state index is -0.724. The first kappa shape index (κ1) is 19.3. The number of hydrogen-bond donors (Lipinski definition) is 0. The van der Waals surface area contributed by atoms with Crippen LogP contribution in [0, 0.1) is 0 Å². The van der Waals surface area contributed by atoms with Crippen molar-refractivity contribution in [3.05, 3.63) is 135 Å². The van der Waals surface area contributed by atoms with Gasteiger partial charge in [-0.3, -0.25) is 4.79 Å². The van der Waals surface area contributed by atoms with Gasteiger partial charge in [-0.1, -0.05) is 72.8 Å². The minimum absolute atomic E-state index is 0.193. The first-order valence-corrected chi connectivity index (χ1v) is 10.8. The largest absolute Gasteiger partial charge is 0.354 e. The van der Waals surface area contributed by atoms with Gasteiger partial charge in [-0.15, -0.1) is 0 Å². The standard InChI is InChI=1S/C26H20N4O3/c31-24(19-12-6-2-7-13-19)28-22-17-16-21(23(28)18-10-4-1-5-11-18)29-25(32)27(26(33)30(22)29)20-14-8-3-9-15-20/h1-17,21-23H. The van der Waals surface area contributed by atoms with Crippen LogP contribution in [-0.2, 0) is 0 Å². The van der Waals surface area contributed by atoms with Crippen LogP contribution in [-0.4, -0.2) is 24.7 Å². The molecule has 3 aliphatic rings. The number of carbonyl (C=O) groups is 1. The second-order valence-electron chi connectivity index (χ2n) is 8.15. The van der Waals surface area contributed by atoms with Crippen LogP contribution in [0.3, 0.4) is 0 Å². The van der Waals surface area contributed by atoms with E-state index in [0.29, 0.717) is 11.3 Å². The van der Waals surface area contributed by atoms with Gasteiger partial charge in [-0.25, -0.2) is 23.5 Å². The lowest BCUT2D eigenvalue weighted by atomic mass is 9.91. The van der Waals surface area contributed by atoms with Gasteiger partial charge in [-0.05, 0) is 35.9 Å². The van der Waals surface area contributed by atoms with Crippen molar-refractivity contribution in [1.29, 1.82) is 0 Å². The Morgan fingerprint density at radius 1 is 0.667 bits per heavy atom. The molecule has 4 aromatic rings. The predicted octanol–water partition coefficient (Wildman–Crippen LogP) is 3.31. The summed E-state index contributed by atoms with van der Waals surface area (Å²) in [4.78, 5) is 42.5. The van der Waals surface area contributed by atoms with Gasteiger partial charge < -0.3 is 4.90 Å². The lowest BCUT2D eigenvalue weighted by Gasteiger charge is -2.48. The third-order valence-electron chi connectivity index (χ3n) is 6.34. The molecule has 7 rings (SSSR count). The van der Waals surface area contributed by atoms with E-state index in [-0.39, 0.29) is 5.91 Å². The number of para-hydroxylation sites is 1. The average Bonchev–Trinajstić information content (AvgIpc) is 3.16. The summed E-state index contributed by atoms with van der Waals surface area (Å²) in [6.07, 6.45) is 3.03. The number of amides is 1. The molecule has 0 fully saturated rings. The summed E-state index contributed by atoms with van der Waals surface area (Å²) in [6.45, 7) is 0. The van der Waals surface area contributed by atoms with E-state index in [4.69, 9.17) is 0 Å². The highest BCUT2D eigenvalue weighted by Crippen LogP contribution is 2.45. The Labute approximate surface area is 189 Å². The maximum atomic E-state index is 13.7. The van der Waals surface area contributed by atoms with E-state index in [1.807, 2.05) is 66.7 Å². The van der Waals surface area contributed by atoms with Crippen LogP contribution >= 0.6 is 0 Å². The molecule has 2 bridgehead atoms. The summed E-state index contributed by atoms with van der Waals surface area (Å²) in [6, 6.07) is 26.6. The van der Waals surface area contributed by atoms with Gasteiger partial charge in [0.1, 0.15) is 6.17 Å². The first-order valence-electron chi connectivity index (χ1n) is 10.8. The molecule has 7 nitrogen and oxygen atoms in total. The molecule has 162 valence electrons. The zero-order chi connectivity index (χ0) is 22.5. The van der Waals surface area contributed by atoms with Gasteiger partial charge in [0.25, 0.3) is 5.91 Å². The van der Waals surface area contributed by atoms with E-state index in [1.165, 1.54) is 13.9 Å². The van der Waals surface area contributed by atoms with Crippen molar-refractivity contribution in [3.63, 3.8) is 0 Å². The van der Waals surface area contributed by atoms with Crippen molar-refractivity contribution in [1.82, 2.24) is 18.8 Å². The van der Waals surface area contributed by atoms with Crippen molar-refractivity contribution >= 4 is 5.91 Å². The molecule has 4 heterocycles. The average molecular weight is 436 g/mol. The third-order valence-corrected chi connectivity index (χ3v) is 6.34. The summed E-state index contributed by atoms with van der Waals surface area (Å²) in [7, 11) is 0. The van der Waals surface area contributed by atoms with Crippen LogP contribution in [0.5, 0.6) is 0 Å². The zero-order valence-electron chi connectivity index (χ0n) is 17.6. The number of aromatic nitrogens is 3. The van der Waals surface area contributed by atoms with Gasteiger partial charge in [0.2, 0.25) is 0 Å². The summed E-state index contributed by atoms with van der Waals surface area (Å²) in [5.41, 5.74) is 1.04. The van der Waals surface area contributed by atoms with Gasteiger partial charge in [0.15, 0.2) is 0 Å². The molecular formula is C26H20N4O3. The van der Waals surface area contributed by atoms with Crippen LogP contribution < -0.4 is 11.4 Å². The molecule has 0 radical (unpaired) electrons. The van der Waals surface area contributed by atoms with Gasteiger partial charge in [0, 0.05) is 5.56 Å². The van der Waals surface area contributed by atoms with E-state index in [2.05, 4.69) is 0 Å². The van der Waals surface area contributed by atoms with Crippen molar-refractivity contribution in [2.24, 2.45) is 0 Å². The molecule has 3 aliphatic heterocycles. The Balaban J connectivity index is 1.59. The Hall–Kier alpha value is -4.39. The number of benzene rings is 3. The Morgan fingerprint density at radius 3 is 1.91 bits per heavy atom. The quantitative estimate of drug-likeness (QED) is 0.463. The topological polar surface area (TPSA) is 69.2 Å². The fraction of sp³-hybridized carbons (Fsp3) is 0.115. The second-order valence-corrected chi connectivity index (χ2v) is 8.15. The fourth-order valence-corrected chi connectivity index (χ4v) is 4.92. The van der Waals surface area contributed by atoms with E-state index in [0.717, 1.165) is 5.56 Å². The molecule has 0 saturated heterocycles. The summed E-state index contributed by atoms with van der Waals surface area (Å²) in [5.74, 6) is -0.193. The third kappa shape index (κ3) is 2.79. The molecule has 7 heteroatoms. The lowest BCUT2D eigenvalue weighted by Crippen LogP contribution is -2.55. The van der Waals surface area contributed by atoms with Crippen molar-refractivity contribution in [2.45, 2.75) is 18.2 Å². The van der Waals surface area contributed by atoms with Crippen LogP contribution in [0.2, 0.25) is 0 Å². The van der Waals surface area contributed by atoms with E-state index in [1.54, 1.807) is 41.3 Å². The highest BCUT2D eigenvalue weighted by Gasteiger charge is 2.48. The molecule has 0 N–H and O–H groups in total. The SMILES string of the molecule is O=C(c1ccccc1)N1C(c2ccccc2)C2C=CC1n1c(=O)n(-c3ccccc3)c(=O)n12. The molecule has 3 unspecified atom stereocenters. The zero-order valence-corrected chi connectivity index (χ0v) is 17.6. The van der Waals surface area contributed by atoms with Crippen LogP contribution in [0.1, 0.15) is 34.2 Å². The van der Waals surface area contributed by atoms with E-state index < -0.39 is 29.6 Å². The fourth-order valence-electron chi connectivity index (χ4n) is 4.92. The summed E-state index contributed by atoms with van der Waals surface area (Å²) >= 11 is 0. The highest BCUT2D eigenvalue weighted by molar-refractivity contribution is 5.95. The highest BCUT2D eigenvalue weighted by atomic mass is 16.2. The van der Waals surface area contributed by atoms with Gasteiger partial charge in [0.05, 0.1) is 17.8 Å². The maximum Gasteiger partial charge on any atom is 0.354 e. The van der Waals surface area contributed by atoms with E-state index >= 15 is 0 Å². The minimum Gasteiger partial charge on any atom is -0.303 e. The number of carbonyl (C=O) groups excluding carboxylic acids is 1. The number of nitrogens with zero attached hydrogens (tertiary/aromatic N) is 4. The van der Waals surface area contributed by atoms with Crippen molar-refractivity contribution in [2.75, 3.05) is 0 Å². The lowest BCUT2D eigenvalue weighted by molar-refractivity contribution is 0.0109. The smallest absolute Gasteiger partial charge is 0.303 e. The molecule has 1 aromatic heterocycles. The van der Waals surface area contributed by atoms with Gasteiger partial charge >= 0.3 is 11.4 Å². The second kappa shape index (κ2) is 7.34. The summed E-state index contributed by atoms with van der Waals surface area (Å²) in [5, 5.41) is 0. The Morgan fingerprint density at radius 2 is 1.24 bits per heavy atom. The van der Waals surface area contributed by atoms with Crippen molar-refractivity contribution < 1.29 is 4.79 Å². The molecular weight excluding hydrogens is 416 g/mol. The first-order chi connectivity index (χ1) is 16.2. The number of hydrogen-bond acceptors (Lipinski definition) is 3. The van der Waals surface area contributed by atoms with Crippen LogP contribution in [0.25, 0.3) is 5.69 Å². The molecule has 0 aliphatic carbocycles. The van der Waals surface area contributed by atoms with Gasteiger partial charge in [-0.2, -0.15) is 0 Å². The molecule has 3 atom stereocenters. The molecule has 0 saturated carbocycles. The molecule has 0 spiro atoms. The molecule has 3 aromatic carbocycles. The predicted molar refractivity (Wildman–Crippen MR) is 123 cm³/mol. The molecule has 1 amide bonds. The molecule has 33 heavy (non-hydrogen) atoms. The van der Waals surface area contributed by atoms with Crippen molar-refractivity contribution in [3.8, 4) is 5.69 Å². The monoisotopic (exact) mass is 436 g/mol.